The molecule has 0 fully saturated rings. The van der Waals surface area contributed by atoms with Gasteiger partial charge in [-0.05, 0) is 24.6 Å². The van der Waals surface area contributed by atoms with Crippen LogP contribution < -0.4 is 11.5 Å². The number of sulfonamides is 1. The van der Waals surface area contributed by atoms with E-state index in [0.29, 0.717) is 6.42 Å². The zero-order valence-corrected chi connectivity index (χ0v) is 12.0. The number of nitrogens with zero attached hydrogens (tertiary/aromatic N) is 1. The SMILES string of the molecule is CCCCN(CC(N)=O)S(=O)(=O)c1cc(N)cc(F)c1. The molecule has 112 valence electrons. The summed E-state index contributed by atoms with van der Waals surface area (Å²) in [7, 11) is -4.00. The second-order valence-electron chi connectivity index (χ2n) is 4.38. The molecule has 6 nitrogen and oxygen atoms in total. The molecular weight excluding hydrogens is 285 g/mol. The van der Waals surface area contributed by atoms with Gasteiger partial charge in [-0.1, -0.05) is 13.3 Å². The average molecular weight is 303 g/mol. The number of carbonyl (C=O) groups excluding carboxylic acids is 1. The molecule has 0 saturated carbocycles. The lowest BCUT2D eigenvalue weighted by atomic mass is 10.3. The molecular formula is C12H18FN3O3S. The maximum Gasteiger partial charge on any atom is 0.243 e. The van der Waals surface area contributed by atoms with E-state index in [-0.39, 0.29) is 17.1 Å². The van der Waals surface area contributed by atoms with E-state index in [2.05, 4.69) is 0 Å². The number of nitrogen functional groups attached to an aromatic ring is 1. The van der Waals surface area contributed by atoms with Crippen molar-refractivity contribution in [1.82, 2.24) is 4.31 Å². The largest absolute Gasteiger partial charge is 0.399 e. The molecule has 0 aliphatic heterocycles. The first kappa shape index (κ1) is 16.4. The van der Waals surface area contributed by atoms with Crippen molar-refractivity contribution in [2.75, 3.05) is 18.8 Å². The first-order valence-corrected chi connectivity index (χ1v) is 7.56. The van der Waals surface area contributed by atoms with Crippen molar-refractivity contribution in [2.45, 2.75) is 24.7 Å². The van der Waals surface area contributed by atoms with Crippen molar-refractivity contribution in [2.24, 2.45) is 5.73 Å². The van der Waals surface area contributed by atoms with E-state index in [0.717, 1.165) is 28.9 Å². The number of nitrogens with two attached hydrogens (primary N) is 2. The van der Waals surface area contributed by atoms with Gasteiger partial charge in [-0.15, -0.1) is 0 Å². The molecule has 20 heavy (non-hydrogen) atoms. The second-order valence-corrected chi connectivity index (χ2v) is 6.32. The summed E-state index contributed by atoms with van der Waals surface area (Å²) in [6.07, 6.45) is 1.31. The molecule has 0 heterocycles. The quantitative estimate of drug-likeness (QED) is 0.722. The number of unbranched alkanes of at least 4 members (excludes halogenated alkanes) is 1. The Labute approximate surface area is 117 Å². The van der Waals surface area contributed by atoms with Crippen molar-refractivity contribution < 1.29 is 17.6 Å². The van der Waals surface area contributed by atoms with Crippen LogP contribution in [-0.2, 0) is 14.8 Å². The third kappa shape index (κ3) is 4.17. The molecule has 0 atom stereocenters. The minimum atomic E-state index is -4.00. The van der Waals surface area contributed by atoms with Crippen LogP contribution in [0.25, 0.3) is 0 Å². The highest BCUT2D eigenvalue weighted by atomic mass is 32.2. The van der Waals surface area contributed by atoms with Crippen molar-refractivity contribution in [3.8, 4) is 0 Å². The number of amides is 1. The minimum Gasteiger partial charge on any atom is -0.399 e. The van der Waals surface area contributed by atoms with Gasteiger partial charge < -0.3 is 11.5 Å². The maximum absolute atomic E-state index is 13.3. The van der Waals surface area contributed by atoms with E-state index in [9.17, 15) is 17.6 Å². The molecule has 0 aliphatic carbocycles. The fourth-order valence-electron chi connectivity index (χ4n) is 1.67. The molecule has 0 bridgehead atoms. The normalized spacial score (nSPS) is 11.8. The van der Waals surface area contributed by atoms with Crippen molar-refractivity contribution in [3.63, 3.8) is 0 Å². The van der Waals surface area contributed by atoms with Crippen molar-refractivity contribution >= 4 is 21.6 Å². The Morgan fingerprint density at radius 2 is 2.00 bits per heavy atom. The number of hydrogen-bond acceptors (Lipinski definition) is 4. The van der Waals surface area contributed by atoms with Crippen LogP contribution >= 0.6 is 0 Å². The van der Waals surface area contributed by atoms with Gasteiger partial charge in [0.2, 0.25) is 15.9 Å². The monoisotopic (exact) mass is 303 g/mol. The molecule has 0 radical (unpaired) electrons. The molecule has 0 saturated heterocycles. The summed E-state index contributed by atoms with van der Waals surface area (Å²) in [5.41, 5.74) is 10.5. The summed E-state index contributed by atoms with van der Waals surface area (Å²) in [4.78, 5) is 10.7. The lowest BCUT2D eigenvalue weighted by Crippen LogP contribution is -2.39. The smallest absolute Gasteiger partial charge is 0.243 e. The number of anilines is 1. The van der Waals surface area contributed by atoms with Crippen molar-refractivity contribution in [3.05, 3.63) is 24.0 Å². The molecule has 0 unspecified atom stereocenters. The van der Waals surface area contributed by atoms with Crippen LogP contribution in [0.1, 0.15) is 19.8 Å². The predicted octanol–water partition coefficient (Wildman–Crippen LogP) is 0.684. The molecule has 1 aromatic carbocycles. The molecule has 1 aromatic rings. The van der Waals surface area contributed by atoms with Gasteiger partial charge in [0.25, 0.3) is 0 Å². The Morgan fingerprint density at radius 3 is 2.50 bits per heavy atom. The highest BCUT2D eigenvalue weighted by molar-refractivity contribution is 7.89. The van der Waals surface area contributed by atoms with Gasteiger partial charge >= 0.3 is 0 Å². The Balaban J connectivity index is 3.17. The Morgan fingerprint density at radius 1 is 1.35 bits per heavy atom. The fraction of sp³-hybridized carbons (Fsp3) is 0.417. The number of primary amides is 1. The second kappa shape index (κ2) is 6.67. The summed E-state index contributed by atoms with van der Waals surface area (Å²) < 4.78 is 39.0. The fourth-order valence-corrected chi connectivity index (χ4v) is 3.19. The Kier molecular flexibility index (Phi) is 5.46. The van der Waals surface area contributed by atoms with Gasteiger partial charge in [-0.25, -0.2) is 12.8 Å². The summed E-state index contributed by atoms with van der Waals surface area (Å²) in [5, 5.41) is 0. The Hall–Kier alpha value is -1.67. The van der Waals surface area contributed by atoms with E-state index in [1.807, 2.05) is 6.92 Å². The number of hydrogen-bond donors (Lipinski definition) is 2. The molecule has 8 heteroatoms. The lowest BCUT2D eigenvalue weighted by molar-refractivity contribution is -0.118. The average Bonchev–Trinajstić information content (AvgIpc) is 2.32. The number of benzene rings is 1. The van der Waals surface area contributed by atoms with E-state index in [4.69, 9.17) is 11.5 Å². The van der Waals surface area contributed by atoms with Crippen LogP contribution in [0.4, 0.5) is 10.1 Å². The standard InChI is InChI=1S/C12H18FN3O3S/c1-2-3-4-16(8-12(15)17)20(18,19)11-6-9(13)5-10(14)7-11/h5-7H,2-4,8,14H2,1H3,(H2,15,17). The third-order valence-electron chi connectivity index (χ3n) is 2.62. The zero-order valence-electron chi connectivity index (χ0n) is 11.2. The predicted molar refractivity (Wildman–Crippen MR) is 73.7 cm³/mol. The van der Waals surface area contributed by atoms with Crippen LogP contribution in [0.5, 0.6) is 0 Å². The molecule has 0 spiro atoms. The van der Waals surface area contributed by atoms with Gasteiger partial charge in [-0.3, -0.25) is 4.79 Å². The minimum absolute atomic E-state index is 0.00177. The maximum atomic E-state index is 13.3. The van der Waals surface area contributed by atoms with Crippen LogP contribution in [0, 0.1) is 5.82 Å². The summed E-state index contributed by atoms with van der Waals surface area (Å²) in [6.45, 7) is 1.58. The number of halogens is 1. The number of carbonyl (C=O) groups is 1. The molecule has 0 aliphatic rings. The Bertz CT molecular complexity index is 569. The van der Waals surface area contributed by atoms with Crippen molar-refractivity contribution in [1.29, 1.82) is 0 Å². The van der Waals surface area contributed by atoms with Gasteiger partial charge in [0.1, 0.15) is 5.82 Å². The summed E-state index contributed by atoms with van der Waals surface area (Å²) in [5.74, 6) is -1.52. The van der Waals surface area contributed by atoms with Crippen LogP contribution in [0.15, 0.2) is 23.1 Å². The van der Waals surface area contributed by atoms with Gasteiger partial charge in [0.05, 0.1) is 11.4 Å². The van der Waals surface area contributed by atoms with Crippen LogP contribution in [0.3, 0.4) is 0 Å². The molecule has 0 aromatic heterocycles. The summed E-state index contributed by atoms with van der Waals surface area (Å²) >= 11 is 0. The third-order valence-corrected chi connectivity index (χ3v) is 4.45. The van der Waals surface area contributed by atoms with E-state index >= 15 is 0 Å². The van der Waals surface area contributed by atoms with Crippen LogP contribution in [-0.4, -0.2) is 31.7 Å². The van der Waals surface area contributed by atoms with Gasteiger partial charge in [-0.2, -0.15) is 4.31 Å². The number of rotatable bonds is 7. The lowest BCUT2D eigenvalue weighted by Gasteiger charge is -2.20. The van der Waals surface area contributed by atoms with Gasteiger partial charge in [0, 0.05) is 12.2 Å². The van der Waals surface area contributed by atoms with E-state index in [1.54, 1.807) is 0 Å². The van der Waals surface area contributed by atoms with Crippen LogP contribution in [0.2, 0.25) is 0 Å². The van der Waals surface area contributed by atoms with Gasteiger partial charge in [0.15, 0.2) is 0 Å². The first-order valence-electron chi connectivity index (χ1n) is 6.12. The molecule has 4 N–H and O–H groups in total. The topological polar surface area (TPSA) is 106 Å². The summed E-state index contributed by atoms with van der Waals surface area (Å²) in [6, 6.07) is 3.04. The molecule has 1 rings (SSSR count). The first-order chi connectivity index (χ1) is 9.27. The molecule has 1 amide bonds. The highest BCUT2D eigenvalue weighted by Crippen LogP contribution is 2.20. The zero-order chi connectivity index (χ0) is 15.3. The van der Waals surface area contributed by atoms with E-state index in [1.165, 1.54) is 0 Å². The van der Waals surface area contributed by atoms with E-state index < -0.39 is 28.3 Å². The highest BCUT2D eigenvalue weighted by Gasteiger charge is 2.26.